The Kier molecular flexibility index (Phi) is 10.9. The minimum atomic E-state index is 0.524. The van der Waals surface area contributed by atoms with Crippen LogP contribution in [0.25, 0.3) is 0 Å². The van der Waals surface area contributed by atoms with E-state index in [4.69, 9.17) is 4.74 Å². The van der Waals surface area contributed by atoms with Crippen LogP contribution in [0.2, 0.25) is 0 Å². The van der Waals surface area contributed by atoms with Crippen molar-refractivity contribution in [2.45, 2.75) is 58.5 Å². The summed E-state index contributed by atoms with van der Waals surface area (Å²) in [5.74, 6) is 0. The second-order valence-electron chi connectivity index (χ2n) is 5.14. The van der Waals surface area contributed by atoms with Crippen molar-refractivity contribution in [2.24, 2.45) is 0 Å². The third-order valence-electron chi connectivity index (χ3n) is 3.30. The summed E-state index contributed by atoms with van der Waals surface area (Å²) in [6.07, 6.45) is 5.10. The summed E-state index contributed by atoms with van der Waals surface area (Å²) in [4.78, 5) is 2.38. The number of hydrogen-bond acceptors (Lipinski definition) is 3. The van der Waals surface area contributed by atoms with Crippen molar-refractivity contribution in [3.63, 3.8) is 0 Å². The van der Waals surface area contributed by atoms with Gasteiger partial charge in [0.05, 0.1) is 6.61 Å². The Labute approximate surface area is 108 Å². The standard InChI is InChI=1S/C14H32N2O/c1-6-10-15-13(2)9-7-8-11-16(4)14(3)12-17-5/h13-15H,6-12H2,1-5H3. The second-order valence-corrected chi connectivity index (χ2v) is 5.14. The summed E-state index contributed by atoms with van der Waals surface area (Å²) in [6, 6.07) is 1.19. The van der Waals surface area contributed by atoms with Crippen LogP contribution in [-0.4, -0.2) is 50.8 Å². The number of likely N-dealkylation sites (N-methyl/N-ethyl adjacent to an activating group) is 1. The molecule has 0 saturated heterocycles. The van der Waals surface area contributed by atoms with E-state index in [0.717, 1.165) is 13.2 Å². The Hall–Kier alpha value is -0.120. The maximum Gasteiger partial charge on any atom is 0.0615 e. The van der Waals surface area contributed by atoms with Gasteiger partial charge in [-0.1, -0.05) is 13.3 Å². The lowest BCUT2D eigenvalue weighted by molar-refractivity contribution is 0.114. The van der Waals surface area contributed by atoms with Gasteiger partial charge in [0, 0.05) is 19.2 Å². The average molecular weight is 244 g/mol. The van der Waals surface area contributed by atoms with Crippen LogP contribution in [0.1, 0.15) is 46.5 Å². The molecule has 2 atom stereocenters. The van der Waals surface area contributed by atoms with Gasteiger partial charge in [-0.15, -0.1) is 0 Å². The summed E-state index contributed by atoms with van der Waals surface area (Å²) in [6.45, 7) is 9.86. The van der Waals surface area contributed by atoms with Gasteiger partial charge in [0.2, 0.25) is 0 Å². The average Bonchev–Trinajstić information content (AvgIpc) is 2.32. The Morgan fingerprint density at radius 2 is 1.94 bits per heavy atom. The van der Waals surface area contributed by atoms with Gasteiger partial charge in [-0.3, -0.25) is 0 Å². The maximum absolute atomic E-state index is 5.16. The lowest BCUT2D eigenvalue weighted by Crippen LogP contribution is -2.33. The molecule has 104 valence electrons. The zero-order chi connectivity index (χ0) is 13.1. The van der Waals surface area contributed by atoms with E-state index in [9.17, 15) is 0 Å². The van der Waals surface area contributed by atoms with Gasteiger partial charge in [0.1, 0.15) is 0 Å². The molecule has 0 aliphatic rings. The van der Waals surface area contributed by atoms with E-state index in [1.807, 2.05) is 0 Å². The molecule has 0 aromatic rings. The van der Waals surface area contributed by atoms with E-state index < -0.39 is 0 Å². The maximum atomic E-state index is 5.16. The summed E-state index contributed by atoms with van der Waals surface area (Å²) in [5, 5.41) is 3.53. The predicted molar refractivity (Wildman–Crippen MR) is 75.6 cm³/mol. The Balaban J connectivity index is 3.43. The molecule has 0 spiro atoms. The van der Waals surface area contributed by atoms with Crippen molar-refractivity contribution >= 4 is 0 Å². The summed E-state index contributed by atoms with van der Waals surface area (Å²) >= 11 is 0. The second kappa shape index (κ2) is 11.0. The number of ether oxygens (including phenoxy) is 1. The molecule has 0 fully saturated rings. The molecule has 0 rings (SSSR count). The highest BCUT2D eigenvalue weighted by molar-refractivity contribution is 4.64. The molecule has 0 aliphatic heterocycles. The quantitative estimate of drug-likeness (QED) is 0.565. The van der Waals surface area contributed by atoms with Crippen molar-refractivity contribution in [3.05, 3.63) is 0 Å². The van der Waals surface area contributed by atoms with E-state index in [0.29, 0.717) is 12.1 Å². The molecule has 0 bridgehead atoms. The van der Waals surface area contributed by atoms with Gasteiger partial charge < -0.3 is 15.0 Å². The Morgan fingerprint density at radius 3 is 2.53 bits per heavy atom. The SMILES string of the molecule is CCCNC(C)CCCCN(C)C(C)COC. The Morgan fingerprint density at radius 1 is 1.24 bits per heavy atom. The lowest BCUT2D eigenvalue weighted by Gasteiger charge is -2.24. The van der Waals surface area contributed by atoms with Crippen LogP contribution in [0, 0.1) is 0 Å². The van der Waals surface area contributed by atoms with Crippen LogP contribution in [0.3, 0.4) is 0 Å². The smallest absolute Gasteiger partial charge is 0.0615 e. The van der Waals surface area contributed by atoms with Crippen molar-refractivity contribution in [2.75, 3.05) is 33.9 Å². The molecule has 3 heteroatoms. The first-order chi connectivity index (χ1) is 8.11. The van der Waals surface area contributed by atoms with Crippen LogP contribution >= 0.6 is 0 Å². The van der Waals surface area contributed by atoms with Gasteiger partial charge in [0.25, 0.3) is 0 Å². The zero-order valence-electron chi connectivity index (χ0n) is 12.5. The summed E-state index contributed by atoms with van der Waals surface area (Å²) < 4.78 is 5.16. The first-order valence-electron chi connectivity index (χ1n) is 7.04. The molecule has 0 aliphatic carbocycles. The minimum absolute atomic E-state index is 0.524. The van der Waals surface area contributed by atoms with Crippen molar-refractivity contribution in [3.8, 4) is 0 Å². The topological polar surface area (TPSA) is 24.5 Å². The number of unbranched alkanes of at least 4 members (excludes halogenated alkanes) is 1. The molecular formula is C14H32N2O. The van der Waals surface area contributed by atoms with Crippen LogP contribution in [0.15, 0.2) is 0 Å². The molecule has 0 amide bonds. The highest BCUT2D eigenvalue weighted by atomic mass is 16.5. The van der Waals surface area contributed by atoms with Gasteiger partial charge in [0.15, 0.2) is 0 Å². The molecule has 0 aromatic heterocycles. The van der Waals surface area contributed by atoms with Crippen molar-refractivity contribution in [1.82, 2.24) is 10.2 Å². The summed E-state index contributed by atoms with van der Waals surface area (Å²) in [5.41, 5.74) is 0. The van der Waals surface area contributed by atoms with Gasteiger partial charge in [-0.05, 0) is 53.2 Å². The highest BCUT2D eigenvalue weighted by Crippen LogP contribution is 2.04. The number of nitrogens with one attached hydrogen (secondary N) is 1. The van der Waals surface area contributed by atoms with Crippen molar-refractivity contribution < 1.29 is 4.74 Å². The van der Waals surface area contributed by atoms with Crippen molar-refractivity contribution in [1.29, 1.82) is 0 Å². The molecule has 0 saturated carbocycles. The molecule has 0 heterocycles. The van der Waals surface area contributed by atoms with Gasteiger partial charge >= 0.3 is 0 Å². The minimum Gasteiger partial charge on any atom is -0.383 e. The normalized spacial score (nSPS) is 15.2. The fourth-order valence-electron chi connectivity index (χ4n) is 1.89. The van der Waals surface area contributed by atoms with E-state index in [-0.39, 0.29) is 0 Å². The van der Waals surface area contributed by atoms with Crippen LogP contribution in [0.5, 0.6) is 0 Å². The third-order valence-corrected chi connectivity index (χ3v) is 3.30. The molecule has 17 heavy (non-hydrogen) atoms. The van der Waals surface area contributed by atoms with E-state index in [1.165, 1.54) is 32.2 Å². The fraction of sp³-hybridized carbons (Fsp3) is 1.00. The Bertz CT molecular complexity index is 164. The number of hydrogen-bond donors (Lipinski definition) is 1. The molecule has 3 nitrogen and oxygen atoms in total. The summed E-state index contributed by atoms with van der Waals surface area (Å²) in [7, 11) is 3.95. The van der Waals surface area contributed by atoms with E-state index >= 15 is 0 Å². The van der Waals surface area contributed by atoms with E-state index in [2.05, 4.69) is 38.0 Å². The molecule has 1 N–H and O–H groups in total. The van der Waals surface area contributed by atoms with Gasteiger partial charge in [-0.2, -0.15) is 0 Å². The highest BCUT2D eigenvalue weighted by Gasteiger charge is 2.08. The van der Waals surface area contributed by atoms with Gasteiger partial charge in [-0.25, -0.2) is 0 Å². The monoisotopic (exact) mass is 244 g/mol. The van der Waals surface area contributed by atoms with Crippen LogP contribution in [0.4, 0.5) is 0 Å². The first-order valence-corrected chi connectivity index (χ1v) is 7.04. The lowest BCUT2D eigenvalue weighted by atomic mass is 10.1. The predicted octanol–water partition coefficient (Wildman–Crippen LogP) is 2.51. The van der Waals surface area contributed by atoms with E-state index in [1.54, 1.807) is 7.11 Å². The number of methoxy groups -OCH3 is 1. The third kappa shape index (κ3) is 9.57. The fourth-order valence-corrected chi connectivity index (χ4v) is 1.89. The number of nitrogens with zero attached hydrogens (tertiary/aromatic N) is 1. The number of rotatable bonds is 11. The zero-order valence-corrected chi connectivity index (χ0v) is 12.5. The largest absolute Gasteiger partial charge is 0.383 e. The molecule has 0 aromatic carbocycles. The molecular weight excluding hydrogens is 212 g/mol. The first kappa shape index (κ1) is 16.9. The van der Waals surface area contributed by atoms with Crippen LogP contribution in [-0.2, 0) is 4.74 Å². The molecule has 0 radical (unpaired) electrons. The van der Waals surface area contributed by atoms with Crippen LogP contribution < -0.4 is 5.32 Å². The molecule has 2 unspecified atom stereocenters.